The average molecular weight is 348 g/mol. The Kier molecular flexibility index (Phi) is 3.58. The van der Waals surface area contributed by atoms with Gasteiger partial charge in [-0.2, -0.15) is 0 Å². The Bertz CT molecular complexity index is 1030. The quantitative estimate of drug-likeness (QED) is 0.535. The minimum Gasteiger partial charge on any atom is -0.507 e. The summed E-state index contributed by atoms with van der Waals surface area (Å²) in [7, 11) is 0. The lowest BCUT2D eigenvalue weighted by atomic mass is 9.83. The lowest BCUT2D eigenvalue weighted by Crippen LogP contribution is -2.21. The Morgan fingerprint density at radius 2 is 1.28 bits per heavy atom. The minimum atomic E-state index is -0.464. The van der Waals surface area contributed by atoms with Gasteiger partial charge in [0.2, 0.25) is 0 Å². The van der Waals surface area contributed by atoms with Gasteiger partial charge < -0.3 is 10.2 Å². The van der Waals surface area contributed by atoms with E-state index in [4.69, 9.17) is 0 Å². The minimum absolute atomic E-state index is 0.137. The number of aromatic hydroxyl groups is 2. The molecule has 0 heterocycles. The van der Waals surface area contributed by atoms with Crippen LogP contribution < -0.4 is 0 Å². The van der Waals surface area contributed by atoms with Crippen molar-refractivity contribution in [2.24, 2.45) is 0 Å². The van der Waals surface area contributed by atoms with Crippen molar-refractivity contribution < 1.29 is 19.8 Å². The molecular formula is C20H12O4S. The van der Waals surface area contributed by atoms with Gasteiger partial charge in [0, 0.05) is 16.0 Å². The molecule has 0 saturated carbocycles. The van der Waals surface area contributed by atoms with Gasteiger partial charge in [-0.25, -0.2) is 0 Å². The van der Waals surface area contributed by atoms with Crippen LogP contribution in [0.1, 0.15) is 31.8 Å². The molecule has 5 heteroatoms. The van der Waals surface area contributed by atoms with Gasteiger partial charge in [-0.05, 0) is 18.2 Å². The third-order valence-corrected chi connectivity index (χ3v) is 5.12. The van der Waals surface area contributed by atoms with Crippen molar-refractivity contribution in [1.82, 2.24) is 0 Å². The molecule has 1 aliphatic rings. The van der Waals surface area contributed by atoms with Gasteiger partial charge in [-0.15, -0.1) is 0 Å². The molecule has 0 radical (unpaired) electrons. The van der Waals surface area contributed by atoms with Crippen LogP contribution in [0, 0.1) is 0 Å². The van der Waals surface area contributed by atoms with Crippen LogP contribution in [-0.2, 0) is 0 Å². The molecule has 0 aliphatic heterocycles. The molecule has 122 valence electrons. The second-order valence-electron chi connectivity index (χ2n) is 5.61. The molecule has 0 fully saturated rings. The number of phenolic OH excluding ortho intramolecular Hbond substituents is 2. The van der Waals surface area contributed by atoms with Crippen LogP contribution in [0.4, 0.5) is 0 Å². The topological polar surface area (TPSA) is 74.6 Å². The zero-order chi connectivity index (χ0) is 17.6. The highest BCUT2D eigenvalue weighted by molar-refractivity contribution is 7.99. The predicted molar refractivity (Wildman–Crippen MR) is 93.6 cm³/mol. The van der Waals surface area contributed by atoms with Gasteiger partial charge in [0.1, 0.15) is 11.5 Å². The molecule has 0 amide bonds. The highest BCUT2D eigenvalue weighted by Gasteiger charge is 2.35. The zero-order valence-corrected chi connectivity index (χ0v) is 13.7. The summed E-state index contributed by atoms with van der Waals surface area (Å²) in [5.41, 5.74) is 0.190. The smallest absolute Gasteiger partial charge is 0.198 e. The molecule has 25 heavy (non-hydrogen) atoms. The monoisotopic (exact) mass is 348 g/mol. The third-order valence-electron chi connectivity index (χ3n) is 4.09. The van der Waals surface area contributed by atoms with E-state index in [1.54, 1.807) is 24.3 Å². The summed E-state index contributed by atoms with van der Waals surface area (Å²) in [5, 5.41) is 21.0. The largest absolute Gasteiger partial charge is 0.507 e. The molecule has 3 aromatic carbocycles. The highest BCUT2D eigenvalue weighted by Crippen LogP contribution is 2.45. The fourth-order valence-corrected chi connectivity index (χ4v) is 3.84. The first-order chi connectivity index (χ1) is 12.1. The average Bonchev–Trinajstić information content (AvgIpc) is 2.63. The van der Waals surface area contributed by atoms with Crippen LogP contribution in [0.3, 0.4) is 0 Å². The van der Waals surface area contributed by atoms with Crippen molar-refractivity contribution in [2.45, 2.75) is 9.79 Å². The zero-order valence-electron chi connectivity index (χ0n) is 12.9. The lowest BCUT2D eigenvalue weighted by molar-refractivity contribution is 0.0973. The molecular weight excluding hydrogens is 336 g/mol. The summed E-state index contributed by atoms with van der Waals surface area (Å²) >= 11 is 1.21. The summed E-state index contributed by atoms with van der Waals surface area (Å²) in [4.78, 5) is 26.6. The summed E-state index contributed by atoms with van der Waals surface area (Å²) < 4.78 is 0. The van der Waals surface area contributed by atoms with Crippen molar-refractivity contribution in [1.29, 1.82) is 0 Å². The van der Waals surface area contributed by atoms with E-state index in [1.807, 2.05) is 30.3 Å². The number of hydrogen-bond donors (Lipinski definition) is 2. The van der Waals surface area contributed by atoms with Gasteiger partial charge >= 0.3 is 0 Å². The number of phenols is 2. The predicted octanol–water partition coefficient (Wildman–Crippen LogP) is 4.02. The van der Waals surface area contributed by atoms with E-state index in [1.165, 1.54) is 17.8 Å². The second-order valence-corrected chi connectivity index (χ2v) is 6.73. The van der Waals surface area contributed by atoms with Crippen LogP contribution in [0.15, 0.2) is 70.5 Å². The first-order valence-electron chi connectivity index (χ1n) is 7.58. The van der Waals surface area contributed by atoms with E-state index in [2.05, 4.69) is 0 Å². The molecule has 0 unspecified atom stereocenters. The van der Waals surface area contributed by atoms with E-state index >= 15 is 0 Å². The molecule has 0 atom stereocenters. The van der Waals surface area contributed by atoms with E-state index in [0.29, 0.717) is 4.90 Å². The number of benzene rings is 3. The van der Waals surface area contributed by atoms with Crippen molar-refractivity contribution in [3.63, 3.8) is 0 Å². The molecule has 0 spiro atoms. The normalized spacial score (nSPS) is 12.6. The maximum absolute atomic E-state index is 12.8. The first kappa shape index (κ1) is 15.5. The van der Waals surface area contributed by atoms with Gasteiger partial charge in [-0.1, -0.05) is 54.2 Å². The van der Waals surface area contributed by atoms with Gasteiger partial charge in [-0.3, -0.25) is 9.59 Å². The van der Waals surface area contributed by atoms with E-state index in [9.17, 15) is 19.8 Å². The number of carbonyl (C=O) groups excluding carboxylic acids is 2. The number of carbonyl (C=O) groups is 2. The standard InChI is InChI=1S/C20H12O4S/c21-14-10-15(25-11-6-2-1-3-7-11)20(24)17-16(14)18(22)12-8-4-5-9-13(12)19(17)23/h1-10,21,24H. The Hall–Kier alpha value is -3.05. The van der Waals surface area contributed by atoms with Crippen molar-refractivity contribution in [3.8, 4) is 11.5 Å². The number of hydrogen-bond acceptors (Lipinski definition) is 5. The Labute approximate surface area is 147 Å². The molecule has 2 N–H and O–H groups in total. The lowest BCUT2D eigenvalue weighted by Gasteiger charge is -2.20. The fourth-order valence-electron chi connectivity index (χ4n) is 2.93. The SMILES string of the molecule is O=C1c2ccccc2C(=O)c2c(O)c(Sc3ccccc3)cc(O)c21. The van der Waals surface area contributed by atoms with Gasteiger partial charge in [0.15, 0.2) is 11.6 Å². The third kappa shape index (κ3) is 2.40. The van der Waals surface area contributed by atoms with Crippen molar-refractivity contribution in [3.05, 3.63) is 82.9 Å². The molecule has 4 nitrogen and oxygen atoms in total. The van der Waals surface area contributed by atoms with Crippen LogP contribution in [0.5, 0.6) is 11.5 Å². The van der Waals surface area contributed by atoms with Crippen molar-refractivity contribution >= 4 is 23.3 Å². The van der Waals surface area contributed by atoms with Gasteiger partial charge in [0.25, 0.3) is 0 Å². The number of rotatable bonds is 2. The van der Waals surface area contributed by atoms with Crippen LogP contribution in [0.2, 0.25) is 0 Å². The first-order valence-corrected chi connectivity index (χ1v) is 8.40. The number of ketones is 2. The molecule has 0 bridgehead atoms. The summed E-state index contributed by atoms with van der Waals surface area (Å²) in [6.07, 6.45) is 0. The van der Waals surface area contributed by atoms with Gasteiger partial charge in [0.05, 0.1) is 16.0 Å². The van der Waals surface area contributed by atoms with Crippen LogP contribution in [0.25, 0.3) is 0 Å². The summed E-state index contributed by atoms with van der Waals surface area (Å²) in [6.45, 7) is 0. The molecule has 3 aromatic rings. The van der Waals surface area contributed by atoms with Crippen LogP contribution >= 0.6 is 11.8 Å². The van der Waals surface area contributed by atoms with E-state index in [-0.39, 0.29) is 33.8 Å². The maximum atomic E-state index is 12.8. The summed E-state index contributed by atoms with van der Waals surface area (Å²) in [6, 6.07) is 17.0. The fraction of sp³-hybridized carbons (Fsp3) is 0. The van der Waals surface area contributed by atoms with Crippen molar-refractivity contribution in [2.75, 3.05) is 0 Å². The maximum Gasteiger partial charge on any atom is 0.198 e. The summed E-state index contributed by atoms with van der Waals surface area (Å²) in [5.74, 6) is -1.52. The number of fused-ring (bicyclic) bond motifs is 2. The molecule has 4 rings (SSSR count). The van der Waals surface area contributed by atoms with E-state index < -0.39 is 11.6 Å². The Balaban J connectivity index is 1.90. The van der Waals surface area contributed by atoms with E-state index in [0.717, 1.165) is 4.90 Å². The Morgan fingerprint density at radius 3 is 1.92 bits per heavy atom. The highest BCUT2D eigenvalue weighted by atomic mass is 32.2. The molecule has 1 aliphatic carbocycles. The van der Waals surface area contributed by atoms with Crippen LogP contribution in [-0.4, -0.2) is 21.8 Å². The molecule has 0 aromatic heterocycles. The second kappa shape index (κ2) is 5.79. The Morgan fingerprint density at radius 1 is 0.720 bits per heavy atom. The molecule has 0 saturated heterocycles.